The van der Waals surface area contributed by atoms with Gasteiger partial charge in [0.1, 0.15) is 17.5 Å². The summed E-state index contributed by atoms with van der Waals surface area (Å²) in [6, 6.07) is 17.4. The fraction of sp³-hybridized carbons (Fsp3) is 0.226. The molecule has 0 aliphatic rings. The number of halogens is 6. The highest BCUT2D eigenvalue weighted by atomic mass is 19.4. The molecule has 0 aliphatic heterocycles. The van der Waals surface area contributed by atoms with E-state index in [2.05, 4.69) is 30.9 Å². The van der Waals surface area contributed by atoms with Crippen LogP contribution in [0, 0.1) is 29.3 Å². The van der Waals surface area contributed by atoms with Crippen LogP contribution >= 0.6 is 0 Å². The Bertz CT molecular complexity index is 1450. The molecule has 0 saturated heterocycles. The summed E-state index contributed by atoms with van der Waals surface area (Å²) in [6.07, 6.45) is -1.93. The van der Waals surface area contributed by atoms with E-state index in [1.54, 1.807) is 18.2 Å². The first-order valence-electron chi connectivity index (χ1n) is 12.0. The predicted molar refractivity (Wildman–Crippen MR) is 135 cm³/mol. The molecule has 0 atom stereocenters. The largest absolute Gasteiger partial charge is 0.393 e. The number of aryl methyl sites for hydroxylation is 1. The van der Waals surface area contributed by atoms with E-state index in [-0.39, 0.29) is 16.5 Å². The first-order valence-corrected chi connectivity index (χ1v) is 12.0. The van der Waals surface area contributed by atoms with Crippen LogP contribution in [-0.2, 0) is 12.8 Å². The third-order valence-corrected chi connectivity index (χ3v) is 6.16. The lowest BCUT2D eigenvalue weighted by Gasteiger charge is -2.12. The number of rotatable bonds is 6. The van der Waals surface area contributed by atoms with Gasteiger partial charge in [-0.25, -0.2) is 13.2 Å². The lowest BCUT2D eigenvalue weighted by molar-refractivity contribution is -0.128. The molecule has 6 heteroatoms. The van der Waals surface area contributed by atoms with Crippen LogP contribution in [0.4, 0.5) is 26.3 Å². The molecular formula is C31H24F6. The Morgan fingerprint density at radius 3 is 2.03 bits per heavy atom. The van der Waals surface area contributed by atoms with Crippen molar-refractivity contribution in [2.24, 2.45) is 0 Å². The highest BCUT2D eigenvalue weighted by Crippen LogP contribution is 2.33. The average molecular weight is 511 g/mol. The zero-order valence-electron chi connectivity index (χ0n) is 20.2. The van der Waals surface area contributed by atoms with Crippen LogP contribution in [0.1, 0.15) is 48.4 Å². The molecule has 37 heavy (non-hydrogen) atoms. The minimum Gasteiger partial charge on any atom is -0.207 e. The highest BCUT2D eigenvalue weighted by molar-refractivity contribution is 5.89. The predicted octanol–water partition coefficient (Wildman–Crippen LogP) is 9.16. The third kappa shape index (κ3) is 6.54. The van der Waals surface area contributed by atoms with Crippen molar-refractivity contribution in [3.63, 3.8) is 0 Å². The number of hydrogen-bond donors (Lipinski definition) is 0. The number of unbranched alkanes of at least 4 members (excludes halogenated alkanes) is 2. The van der Waals surface area contributed by atoms with Crippen LogP contribution < -0.4 is 0 Å². The first kappa shape index (κ1) is 26.3. The van der Waals surface area contributed by atoms with Crippen LogP contribution in [0.3, 0.4) is 0 Å². The van der Waals surface area contributed by atoms with Gasteiger partial charge in [0.2, 0.25) is 0 Å². The van der Waals surface area contributed by atoms with Gasteiger partial charge in [-0.15, -0.1) is 0 Å². The molecule has 190 valence electrons. The molecule has 0 N–H and O–H groups in total. The molecule has 0 amide bonds. The first-order chi connectivity index (χ1) is 17.6. The van der Waals surface area contributed by atoms with Gasteiger partial charge >= 0.3 is 6.18 Å². The third-order valence-electron chi connectivity index (χ3n) is 6.16. The molecule has 0 aromatic heterocycles. The Hall–Kier alpha value is -3.72. The van der Waals surface area contributed by atoms with E-state index in [0.29, 0.717) is 10.9 Å². The summed E-state index contributed by atoms with van der Waals surface area (Å²) in [4.78, 5) is 0. The van der Waals surface area contributed by atoms with Crippen molar-refractivity contribution in [2.45, 2.75) is 45.2 Å². The highest BCUT2D eigenvalue weighted by Gasteiger charge is 2.31. The smallest absolute Gasteiger partial charge is 0.207 e. The van der Waals surface area contributed by atoms with Crippen LogP contribution in [0.5, 0.6) is 0 Å². The summed E-state index contributed by atoms with van der Waals surface area (Å²) in [6.45, 7) is 2.17. The van der Waals surface area contributed by atoms with Crippen LogP contribution in [0.2, 0.25) is 0 Å². The molecule has 0 fully saturated rings. The summed E-state index contributed by atoms with van der Waals surface area (Å²) >= 11 is 0. The second-order valence-corrected chi connectivity index (χ2v) is 8.98. The fourth-order valence-electron chi connectivity index (χ4n) is 4.20. The Kier molecular flexibility index (Phi) is 7.92. The molecule has 0 saturated carbocycles. The van der Waals surface area contributed by atoms with Crippen molar-refractivity contribution in [3.8, 4) is 23.0 Å². The standard InChI is InChI=1S/C31H24F6/c1-2-3-4-5-20-6-8-21(9-7-20)10-11-22-12-14-25-23(16-22)13-15-26(30(25)34)24-17-28(32)27(29(33)18-24)19-31(35,36)37/h6-9,12-18H,2-5,19H2,1H3. The lowest BCUT2D eigenvalue weighted by Crippen LogP contribution is -2.14. The Labute approximate surface area is 212 Å². The lowest BCUT2D eigenvalue weighted by atomic mass is 9.97. The fourth-order valence-corrected chi connectivity index (χ4v) is 4.20. The molecule has 0 unspecified atom stereocenters. The van der Waals surface area contributed by atoms with Gasteiger partial charge in [-0.2, -0.15) is 13.2 Å². The van der Waals surface area contributed by atoms with Gasteiger partial charge in [0.05, 0.1) is 6.42 Å². The van der Waals surface area contributed by atoms with E-state index >= 15 is 4.39 Å². The Balaban J connectivity index is 1.58. The quantitative estimate of drug-likeness (QED) is 0.138. The molecule has 0 nitrogen and oxygen atoms in total. The molecule has 0 heterocycles. The minimum atomic E-state index is -4.77. The molecule has 0 bridgehead atoms. The zero-order chi connectivity index (χ0) is 26.6. The van der Waals surface area contributed by atoms with E-state index in [1.165, 1.54) is 30.5 Å². The second kappa shape index (κ2) is 11.1. The van der Waals surface area contributed by atoms with Crippen LogP contribution in [-0.4, -0.2) is 6.18 Å². The minimum absolute atomic E-state index is 0.110. The van der Waals surface area contributed by atoms with Gasteiger partial charge in [0.25, 0.3) is 0 Å². The van der Waals surface area contributed by atoms with Crippen molar-refractivity contribution in [3.05, 3.63) is 106 Å². The molecule has 0 radical (unpaired) electrons. The summed E-state index contributed by atoms with van der Waals surface area (Å²) < 4.78 is 81.6. The van der Waals surface area contributed by atoms with Gasteiger partial charge in [0.15, 0.2) is 0 Å². The number of hydrogen-bond acceptors (Lipinski definition) is 0. The Morgan fingerprint density at radius 1 is 0.730 bits per heavy atom. The van der Waals surface area contributed by atoms with Gasteiger partial charge in [-0.05, 0) is 65.8 Å². The summed E-state index contributed by atoms with van der Waals surface area (Å²) in [5.74, 6) is 2.70. The number of benzene rings is 4. The van der Waals surface area contributed by atoms with E-state index in [4.69, 9.17) is 0 Å². The molecule has 4 aromatic rings. The molecule has 4 aromatic carbocycles. The van der Waals surface area contributed by atoms with E-state index < -0.39 is 35.6 Å². The molecule has 0 aliphatic carbocycles. The summed E-state index contributed by atoms with van der Waals surface area (Å²) in [5.41, 5.74) is 1.42. The zero-order valence-corrected chi connectivity index (χ0v) is 20.2. The van der Waals surface area contributed by atoms with E-state index in [1.807, 2.05) is 12.1 Å². The monoisotopic (exact) mass is 510 g/mol. The maximum atomic E-state index is 15.3. The second-order valence-electron chi connectivity index (χ2n) is 8.98. The topological polar surface area (TPSA) is 0 Å². The van der Waals surface area contributed by atoms with Gasteiger partial charge in [-0.1, -0.05) is 61.9 Å². The van der Waals surface area contributed by atoms with Crippen LogP contribution in [0.15, 0.2) is 66.7 Å². The maximum absolute atomic E-state index is 15.3. The average Bonchev–Trinajstić information content (AvgIpc) is 2.85. The van der Waals surface area contributed by atoms with E-state index in [9.17, 15) is 22.0 Å². The van der Waals surface area contributed by atoms with Gasteiger partial charge in [0, 0.05) is 27.6 Å². The van der Waals surface area contributed by atoms with Crippen molar-refractivity contribution in [2.75, 3.05) is 0 Å². The summed E-state index contributed by atoms with van der Waals surface area (Å²) in [5, 5.41) is 0.744. The SMILES string of the molecule is CCCCCc1ccc(C#Cc2ccc3c(F)c(-c4cc(F)c(CC(F)(F)F)c(F)c4)ccc3c2)cc1. The van der Waals surface area contributed by atoms with Crippen molar-refractivity contribution < 1.29 is 26.3 Å². The van der Waals surface area contributed by atoms with Crippen molar-refractivity contribution >= 4 is 10.8 Å². The molecule has 0 spiro atoms. The molecular weight excluding hydrogens is 486 g/mol. The molecule has 4 rings (SSSR count). The van der Waals surface area contributed by atoms with Gasteiger partial charge < -0.3 is 0 Å². The number of alkyl halides is 3. The summed E-state index contributed by atoms with van der Waals surface area (Å²) in [7, 11) is 0. The number of fused-ring (bicyclic) bond motifs is 1. The van der Waals surface area contributed by atoms with Crippen molar-refractivity contribution in [1.82, 2.24) is 0 Å². The maximum Gasteiger partial charge on any atom is 0.393 e. The van der Waals surface area contributed by atoms with Crippen molar-refractivity contribution in [1.29, 1.82) is 0 Å². The Morgan fingerprint density at radius 2 is 1.38 bits per heavy atom. The van der Waals surface area contributed by atoms with Gasteiger partial charge in [-0.3, -0.25) is 0 Å². The normalized spacial score (nSPS) is 11.4. The van der Waals surface area contributed by atoms with E-state index in [0.717, 1.165) is 30.5 Å². The van der Waals surface area contributed by atoms with Crippen LogP contribution in [0.25, 0.3) is 21.9 Å².